The first-order chi connectivity index (χ1) is 8.69. The van der Waals surface area contributed by atoms with Gasteiger partial charge in [0.1, 0.15) is 6.54 Å². The highest BCUT2D eigenvalue weighted by Crippen LogP contribution is 1.99. The van der Waals surface area contributed by atoms with Gasteiger partial charge in [-0.25, -0.2) is 9.52 Å². The van der Waals surface area contributed by atoms with Gasteiger partial charge in [0.2, 0.25) is 0 Å². The molecule has 0 aromatic heterocycles. The minimum atomic E-state index is -4.23. The molecule has 0 aromatic carbocycles. The van der Waals surface area contributed by atoms with Gasteiger partial charge in [-0.2, -0.15) is 12.7 Å². The maximum absolute atomic E-state index is 11.8. The molecule has 0 radical (unpaired) electrons. The standard InChI is InChI=1S/C9H19N3O6S/c1-4-18-9(15)10-19(16,17)12(7-8(13)14)6-5-11(2)3/h4-7H2,1-3H3,(H,10,15)(H,13,14). The summed E-state index contributed by atoms with van der Waals surface area (Å²) < 4.78 is 30.3. The van der Waals surface area contributed by atoms with Crippen LogP contribution in [0.4, 0.5) is 4.79 Å². The second-order valence-electron chi connectivity index (χ2n) is 3.86. The highest BCUT2D eigenvalue weighted by molar-refractivity contribution is 7.87. The third kappa shape index (κ3) is 7.59. The van der Waals surface area contributed by atoms with Gasteiger partial charge in [-0.05, 0) is 21.0 Å². The third-order valence-electron chi connectivity index (χ3n) is 1.94. The van der Waals surface area contributed by atoms with E-state index < -0.39 is 28.8 Å². The van der Waals surface area contributed by atoms with Crippen LogP contribution in [-0.4, -0.2) is 75.1 Å². The first kappa shape index (κ1) is 17.6. The van der Waals surface area contributed by atoms with Crippen molar-refractivity contribution < 1.29 is 27.9 Å². The van der Waals surface area contributed by atoms with Crippen molar-refractivity contribution in [1.82, 2.24) is 13.9 Å². The van der Waals surface area contributed by atoms with Crippen molar-refractivity contribution >= 4 is 22.3 Å². The number of amides is 1. The summed E-state index contributed by atoms with van der Waals surface area (Å²) in [7, 11) is -0.808. The Morgan fingerprint density at radius 3 is 2.26 bits per heavy atom. The number of carboxylic acid groups (broad SMARTS) is 1. The van der Waals surface area contributed by atoms with Gasteiger partial charge in [-0.1, -0.05) is 0 Å². The van der Waals surface area contributed by atoms with Gasteiger partial charge in [0.05, 0.1) is 6.61 Å². The van der Waals surface area contributed by atoms with Crippen molar-refractivity contribution in [3.8, 4) is 0 Å². The lowest BCUT2D eigenvalue weighted by molar-refractivity contribution is -0.137. The van der Waals surface area contributed by atoms with E-state index in [9.17, 15) is 18.0 Å². The van der Waals surface area contributed by atoms with E-state index >= 15 is 0 Å². The van der Waals surface area contributed by atoms with Crippen molar-refractivity contribution in [2.24, 2.45) is 0 Å². The molecule has 0 aliphatic rings. The maximum atomic E-state index is 11.8. The monoisotopic (exact) mass is 297 g/mol. The molecule has 0 aliphatic heterocycles. The number of carbonyl (C=O) groups excluding carboxylic acids is 1. The molecule has 0 spiro atoms. The number of carboxylic acids is 1. The highest BCUT2D eigenvalue weighted by atomic mass is 32.2. The summed E-state index contributed by atoms with van der Waals surface area (Å²) >= 11 is 0. The van der Waals surface area contributed by atoms with Crippen LogP contribution in [-0.2, 0) is 19.7 Å². The fourth-order valence-corrected chi connectivity index (χ4v) is 2.08. The Bertz CT molecular complexity index is 408. The molecule has 0 saturated heterocycles. The molecule has 0 fully saturated rings. The Balaban J connectivity index is 4.80. The molecular weight excluding hydrogens is 278 g/mol. The number of hydrogen-bond donors (Lipinski definition) is 2. The van der Waals surface area contributed by atoms with Crippen LogP contribution < -0.4 is 4.72 Å². The van der Waals surface area contributed by atoms with E-state index in [1.165, 1.54) is 6.92 Å². The van der Waals surface area contributed by atoms with Gasteiger partial charge in [0.25, 0.3) is 0 Å². The maximum Gasteiger partial charge on any atom is 0.421 e. The molecule has 0 heterocycles. The number of nitrogens with one attached hydrogen (secondary N) is 1. The molecule has 0 atom stereocenters. The molecule has 0 bridgehead atoms. The van der Waals surface area contributed by atoms with Crippen molar-refractivity contribution in [1.29, 1.82) is 0 Å². The van der Waals surface area contributed by atoms with Gasteiger partial charge in [-0.3, -0.25) is 4.79 Å². The number of likely N-dealkylation sites (N-methyl/N-ethyl adjacent to an activating group) is 1. The van der Waals surface area contributed by atoms with Crippen LogP contribution in [0, 0.1) is 0 Å². The van der Waals surface area contributed by atoms with Crippen LogP contribution in [0.15, 0.2) is 0 Å². The van der Waals surface area contributed by atoms with Crippen molar-refractivity contribution in [2.45, 2.75) is 6.92 Å². The molecule has 0 aromatic rings. The molecule has 112 valence electrons. The Hall–Kier alpha value is -1.39. The second kappa shape index (κ2) is 7.92. The van der Waals surface area contributed by atoms with Crippen LogP contribution >= 0.6 is 0 Å². The molecule has 1 amide bonds. The highest BCUT2D eigenvalue weighted by Gasteiger charge is 2.26. The normalized spacial score (nSPS) is 11.6. The van der Waals surface area contributed by atoms with E-state index in [0.717, 1.165) is 0 Å². The number of aliphatic carboxylic acids is 1. The van der Waals surface area contributed by atoms with Crippen LogP contribution in [0.5, 0.6) is 0 Å². The lowest BCUT2D eigenvalue weighted by Gasteiger charge is -2.21. The molecule has 9 nitrogen and oxygen atoms in total. The third-order valence-corrected chi connectivity index (χ3v) is 3.35. The minimum absolute atomic E-state index is 0.0119. The lowest BCUT2D eigenvalue weighted by atomic mass is 10.5. The fraction of sp³-hybridized carbons (Fsp3) is 0.778. The van der Waals surface area contributed by atoms with Crippen LogP contribution in [0.25, 0.3) is 0 Å². The van der Waals surface area contributed by atoms with Gasteiger partial charge >= 0.3 is 22.3 Å². The van der Waals surface area contributed by atoms with E-state index in [1.54, 1.807) is 23.7 Å². The van der Waals surface area contributed by atoms with E-state index in [4.69, 9.17) is 5.11 Å². The lowest BCUT2D eigenvalue weighted by Crippen LogP contribution is -2.47. The van der Waals surface area contributed by atoms with Crippen molar-refractivity contribution in [2.75, 3.05) is 40.3 Å². The van der Waals surface area contributed by atoms with Gasteiger partial charge < -0.3 is 14.7 Å². The summed E-state index contributed by atoms with van der Waals surface area (Å²) in [6.45, 7) is 1.05. The molecule has 0 aliphatic carbocycles. The SMILES string of the molecule is CCOC(=O)NS(=O)(=O)N(CCN(C)C)CC(=O)O. The Morgan fingerprint density at radius 1 is 1.26 bits per heavy atom. The largest absolute Gasteiger partial charge is 0.480 e. The summed E-state index contributed by atoms with van der Waals surface area (Å²) in [6, 6.07) is 0. The van der Waals surface area contributed by atoms with E-state index in [1.807, 2.05) is 0 Å². The summed E-state index contributed by atoms with van der Waals surface area (Å²) in [5.41, 5.74) is 0. The molecule has 2 N–H and O–H groups in total. The fourth-order valence-electron chi connectivity index (χ4n) is 1.08. The summed E-state index contributed by atoms with van der Waals surface area (Å²) in [6.07, 6.45) is -1.14. The molecule has 0 unspecified atom stereocenters. The molecular formula is C9H19N3O6S. The molecule has 19 heavy (non-hydrogen) atoms. The van der Waals surface area contributed by atoms with Gasteiger partial charge in [0, 0.05) is 13.1 Å². The topological polar surface area (TPSA) is 116 Å². The summed E-state index contributed by atoms with van der Waals surface area (Å²) in [4.78, 5) is 23.4. The number of carbonyl (C=O) groups is 2. The number of ether oxygens (including phenoxy) is 1. The quantitative estimate of drug-likeness (QED) is 0.585. The zero-order valence-electron chi connectivity index (χ0n) is 11.1. The van der Waals surface area contributed by atoms with Crippen LogP contribution in [0.1, 0.15) is 6.92 Å². The van der Waals surface area contributed by atoms with Crippen LogP contribution in [0.3, 0.4) is 0 Å². The van der Waals surface area contributed by atoms with Gasteiger partial charge in [-0.15, -0.1) is 0 Å². The van der Waals surface area contributed by atoms with Gasteiger partial charge in [0.15, 0.2) is 0 Å². The zero-order chi connectivity index (χ0) is 15.1. The van der Waals surface area contributed by atoms with E-state index in [2.05, 4.69) is 4.74 Å². The van der Waals surface area contributed by atoms with Crippen molar-refractivity contribution in [3.63, 3.8) is 0 Å². The summed E-state index contributed by atoms with van der Waals surface area (Å²) in [5, 5.41) is 8.69. The predicted molar refractivity (Wildman–Crippen MR) is 66.8 cm³/mol. The second-order valence-corrected chi connectivity index (χ2v) is 5.53. The van der Waals surface area contributed by atoms with E-state index in [0.29, 0.717) is 10.8 Å². The number of hydrogen-bond acceptors (Lipinski definition) is 6. The van der Waals surface area contributed by atoms with Crippen molar-refractivity contribution in [3.05, 3.63) is 0 Å². The molecule has 0 saturated carbocycles. The first-order valence-corrected chi connectivity index (χ1v) is 6.94. The smallest absolute Gasteiger partial charge is 0.421 e. The van der Waals surface area contributed by atoms with Crippen LogP contribution in [0.2, 0.25) is 0 Å². The number of rotatable bonds is 8. The average Bonchev–Trinajstić information content (AvgIpc) is 2.22. The van der Waals surface area contributed by atoms with E-state index in [-0.39, 0.29) is 13.2 Å². The Labute approximate surface area is 112 Å². The number of nitrogens with zero attached hydrogens (tertiary/aromatic N) is 2. The molecule has 0 rings (SSSR count). The Morgan fingerprint density at radius 2 is 1.84 bits per heavy atom. The minimum Gasteiger partial charge on any atom is -0.480 e. The average molecular weight is 297 g/mol. The summed E-state index contributed by atoms with van der Waals surface area (Å²) in [5.74, 6) is -1.31. The Kier molecular flexibility index (Phi) is 7.34. The molecule has 10 heteroatoms. The predicted octanol–water partition coefficient (Wildman–Crippen LogP) is -1.07. The zero-order valence-corrected chi connectivity index (χ0v) is 11.9. The first-order valence-electron chi connectivity index (χ1n) is 5.50.